The number of benzene rings is 1. The van der Waals surface area contributed by atoms with Crippen LogP contribution in [0.1, 0.15) is 31.4 Å². The van der Waals surface area contributed by atoms with Gasteiger partial charge in [0.05, 0.1) is 0 Å². The highest BCUT2D eigenvalue weighted by Crippen LogP contribution is 2.49. The largest absolute Gasteiger partial charge is 0.458 e. The molecule has 1 aromatic rings. The molecular formula is C14H13F7O2. The first-order valence-corrected chi connectivity index (χ1v) is 6.45. The molecular weight excluding hydrogens is 333 g/mol. The molecule has 0 amide bonds. The molecule has 0 bridgehead atoms. The summed E-state index contributed by atoms with van der Waals surface area (Å²) in [5.41, 5.74) is -4.95. The Hall–Kier alpha value is -1.80. The third-order valence-corrected chi connectivity index (χ3v) is 3.15. The van der Waals surface area contributed by atoms with Gasteiger partial charge in [0.25, 0.3) is 5.67 Å². The van der Waals surface area contributed by atoms with Crippen molar-refractivity contribution in [3.05, 3.63) is 35.9 Å². The number of halogens is 7. The summed E-state index contributed by atoms with van der Waals surface area (Å²) in [6.45, 7) is 1.39. The first-order chi connectivity index (χ1) is 10.4. The Balaban J connectivity index is 2.70. The Morgan fingerprint density at radius 1 is 1.00 bits per heavy atom. The number of esters is 1. The fourth-order valence-electron chi connectivity index (χ4n) is 1.77. The van der Waals surface area contributed by atoms with Crippen molar-refractivity contribution in [3.8, 4) is 0 Å². The van der Waals surface area contributed by atoms with Crippen LogP contribution in [0.5, 0.6) is 0 Å². The van der Waals surface area contributed by atoms with Crippen molar-refractivity contribution in [1.29, 1.82) is 0 Å². The minimum Gasteiger partial charge on any atom is -0.458 e. The second kappa shape index (κ2) is 6.76. The van der Waals surface area contributed by atoms with E-state index in [0.29, 0.717) is 5.56 Å². The molecule has 1 aromatic carbocycles. The minimum absolute atomic E-state index is 0.499. The zero-order valence-electron chi connectivity index (χ0n) is 11.8. The lowest BCUT2D eigenvalue weighted by Gasteiger charge is -2.29. The van der Waals surface area contributed by atoms with Crippen molar-refractivity contribution < 1.29 is 40.3 Å². The highest BCUT2D eigenvalue weighted by molar-refractivity contribution is 5.69. The molecule has 0 fully saturated rings. The Morgan fingerprint density at radius 3 is 1.91 bits per heavy atom. The zero-order chi connectivity index (χ0) is 17.9. The maximum absolute atomic E-state index is 13.4. The zero-order valence-corrected chi connectivity index (χ0v) is 11.8. The van der Waals surface area contributed by atoms with Crippen LogP contribution in [0.2, 0.25) is 0 Å². The molecule has 2 nitrogen and oxygen atoms in total. The monoisotopic (exact) mass is 346 g/mol. The summed E-state index contributed by atoms with van der Waals surface area (Å²) in [6, 6.07) is 8.01. The number of hydrogen-bond donors (Lipinski definition) is 0. The topological polar surface area (TPSA) is 26.3 Å². The lowest BCUT2D eigenvalue weighted by atomic mass is 9.98. The van der Waals surface area contributed by atoms with E-state index < -0.39 is 42.9 Å². The first-order valence-electron chi connectivity index (χ1n) is 6.45. The van der Waals surface area contributed by atoms with Crippen LogP contribution in [0.4, 0.5) is 30.7 Å². The van der Waals surface area contributed by atoms with Gasteiger partial charge in [0.15, 0.2) is 0 Å². The molecule has 0 N–H and O–H groups in total. The number of rotatable bonds is 5. The lowest BCUT2D eigenvalue weighted by Crippen LogP contribution is -2.53. The molecule has 23 heavy (non-hydrogen) atoms. The van der Waals surface area contributed by atoms with E-state index >= 15 is 0 Å². The number of carbonyl (C=O) groups is 1. The molecule has 0 aliphatic rings. The Kier molecular flexibility index (Phi) is 5.65. The quantitative estimate of drug-likeness (QED) is 0.560. The smallest absolute Gasteiger partial charge is 0.431 e. The fraction of sp³-hybridized carbons (Fsp3) is 0.500. The van der Waals surface area contributed by atoms with Gasteiger partial charge in [0.2, 0.25) is 0 Å². The van der Waals surface area contributed by atoms with Gasteiger partial charge in [0, 0.05) is 12.8 Å². The van der Waals surface area contributed by atoms with Crippen LogP contribution < -0.4 is 0 Å². The summed E-state index contributed by atoms with van der Waals surface area (Å²) >= 11 is 0. The van der Waals surface area contributed by atoms with Gasteiger partial charge in [-0.1, -0.05) is 30.3 Å². The summed E-state index contributed by atoms with van der Waals surface area (Å²) < 4.78 is 92.1. The van der Waals surface area contributed by atoms with Crippen LogP contribution >= 0.6 is 0 Å². The molecule has 0 saturated carbocycles. The second-order valence-electron chi connectivity index (χ2n) is 4.84. The van der Waals surface area contributed by atoms with E-state index in [0.717, 1.165) is 0 Å². The third kappa shape index (κ3) is 4.59. The van der Waals surface area contributed by atoms with Crippen LogP contribution in [-0.2, 0) is 9.53 Å². The standard InChI is InChI=1S/C14H13F7O2/c1-9(10-5-3-2-4-6-10)23-11(22)7-8-12(15,13(16,17)18)14(19,20)21/h2-6,9H,7-8H2,1H3. The number of carbonyl (C=O) groups excluding carboxylic acids is 1. The fourth-order valence-corrected chi connectivity index (χ4v) is 1.77. The first kappa shape index (κ1) is 19.2. The van der Waals surface area contributed by atoms with Crippen molar-refractivity contribution in [2.75, 3.05) is 0 Å². The average molecular weight is 346 g/mol. The Labute approximate surface area is 127 Å². The molecule has 0 aliphatic carbocycles. The van der Waals surface area contributed by atoms with E-state index in [1.807, 2.05) is 0 Å². The molecule has 0 saturated heterocycles. The average Bonchev–Trinajstić information content (AvgIpc) is 2.43. The van der Waals surface area contributed by atoms with Crippen molar-refractivity contribution in [3.63, 3.8) is 0 Å². The third-order valence-electron chi connectivity index (χ3n) is 3.15. The molecule has 0 heterocycles. The van der Waals surface area contributed by atoms with E-state index in [1.165, 1.54) is 6.92 Å². The predicted octanol–water partition coefficient (Wildman–Crippen LogP) is 4.90. The molecule has 0 spiro atoms. The maximum Gasteiger partial charge on any atom is 0.431 e. The summed E-state index contributed by atoms with van der Waals surface area (Å²) in [5, 5.41) is 0. The number of ether oxygens (including phenoxy) is 1. The van der Waals surface area contributed by atoms with Crippen molar-refractivity contribution >= 4 is 5.97 Å². The molecule has 0 radical (unpaired) electrons. The maximum atomic E-state index is 13.4. The van der Waals surface area contributed by atoms with E-state index in [4.69, 9.17) is 4.74 Å². The van der Waals surface area contributed by atoms with Crippen molar-refractivity contribution in [1.82, 2.24) is 0 Å². The highest BCUT2D eigenvalue weighted by Gasteiger charge is 2.72. The molecule has 130 valence electrons. The van der Waals surface area contributed by atoms with Gasteiger partial charge in [-0.25, -0.2) is 4.39 Å². The molecule has 0 aromatic heterocycles. The van der Waals surface area contributed by atoms with E-state index in [2.05, 4.69) is 0 Å². The van der Waals surface area contributed by atoms with Crippen LogP contribution in [0.3, 0.4) is 0 Å². The van der Waals surface area contributed by atoms with Crippen LogP contribution in [-0.4, -0.2) is 24.0 Å². The summed E-state index contributed by atoms with van der Waals surface area (Å²) in [6.07, 6.45) is -16.7. The van der Waals surface area contributed by atoms with E-state index in [9.17, 15) is 35.5 Å². The van der Waals surface area contributed by atoms with Gasteiger partial charge in [0.1, 0.15) is 6.10 Å². The number of alkyl halides is 7. The normalized spacial score (nSPS) is 14.4. The molecule has 1 rings (SSSR count). The summed E-state index contributed by atoms with van der Waals surface area (Å²) in [7, 11) is 0. The highest BCUT2D eigenvalue weighted by atomic mass is 19.4. The van der Waals surface area contributed by atoms with Gasteiger partial charge in [-0.3, -0.25) is 4.79 Å². The van der Waals surface area contributed by atoms with Gasteiger partial charge in [-0.05, 0) is 12.5 Å². The van der Waals surface area contributed by atoms with Crippen molar-refractivity contribution in [2.24, 2.45) is 0 Å². The summed E-state index contributed by atoms with van der Waals surface area (Å²) in [4.78, 5) is 11.4. The van der Waals surface area contributed by atoms with Gasteiger partial charge < -0.3 is 4.74 Å². The van der Waals surface area contributed by atoms with Gasteiger partial charge >= 0.3 is 18.3 Å². The van der Waals surface area contributed by atoms with Crippen LogP contribution in [0.15, 0.2) is 30.3 Å². The van der Waals surface area contributed by atoms with Gasteiger partial charge in [-0.15, -0.1) is 0 Å². The molecule has 0 aliphatic heterocycles. The summed E-state index contributed by atoms with van der Waals surface area (Å²) in [5.74, 6) is -1.35. The Morgan fingerprint density at radius 2 is 1.48 bits per heavy atom. The number of hydrogen-bond acceptors (Lipinski definition) is 2. The van der Waals surface area contributed by atoms with Crippen LogP contribution in [0.25, 0.3) is 0 Å². The SMILES string of the molecule is CC(OC(=O)CCC(F)(C(F)(F)F)C(F)(F)F)c1ccccc1. The molecule has 1 atom stereocenters. The van der Waals surface area contributed by atoms with Crippen molar-refractivity contribution in [2.45, 2.75) is 43.9 Å². The minimum atomic E-state index is -6.17. The predicted molar refractivity (Wildman–Crippen MR) is 66.1 cm³/mol. The van der Waals surface area contributed by atoms with Gasteiger partial charge in [-0.2, -0.15) is 26.3 Å². The molecule has 1 unspecified atom stereocenters. The molecule has 9 heteroatoms. The lowest BCUT2D eigenvalue weighted by molar-refractivity contribution is -0.343. The van der Waals surface area contributed by atoms with E-state index in [1.54, 1.807) is 30.3 Å². The second-order valence-corrected chi connectivity index (χ2v) is 4.84. The van der Waals surface area contributed by atoms with E-state index in [-0.39, 0.29) is 0 Å². The Bertz CT molecular complexity index is 508. The van der Waals surface area contributed by atoms with Crippen LogP contribution in [0, 0.1) is 0 Å².